The van der Waals surface area contributed by atoms with Crippen molar-refractivity contribution in [3.63, 3.8) is 0 Å². The SMILES string of the molecule is CCNC(=O)O[C@@H]1CN[C@H](C(c2ccc(C)cc2)c2ccc(C)cc2)C1. The van der Waals surface area contributed by atoms with Crippen LogP contribution in [0.1, 0.15) is 41.5 Å². The maximum absolute atomic E-state index is 11.7. The summed E-state index contributed by atoms with van der Waals surface area (Å²) in [5.74, 6) is 0.235. The molecule has 3 rings (SSSR count). The van der Waals surface area contributed by atoms with Crippen LogP contribution in [-0.4, -0.2) is 31.3 Å². The smallest absolute Gasteiger partial charge is 0.407 e. The molecule has 0 unspecified atom stereocenters. The number of hydrogen-bond donors (Lipinski definition) is 2. The molecule has 1 saturated heterocycles. The van der Waals surface area contributed by atoms with Crippen LogP contribution in [0.4, 0.5) is 4.79 Å². The zero-order chi connectivity index (χ0) is 18.5. The molecule has 1 fully saturated rings. The van der Waals surface area contributed by atoms with E-state index in [0.29, 0.717) is 13.1 Å². The van der Waals surface area contributed by atoms with Gasteiger partial charge in [-0.3, -0.25) is 0 Å². The zero-order valence-corrected chi connectivity index (χ0v) is 15.8. The molecular formula is C22H28N2O2. The van der Waals surface area contributed by atoms with Crippen LogP contribution in [0.3, 0.4) is 0 Å². The summed E-state index contributed by atoms with van der Waals surface area (Å²) in [6.45, 7) is 7.37. The van der Waals surface area contributed by atoms with Gasteiger partial charge in [0.2, 0.25) is 0 Å². The van der Waals surface area contributed by atoms with Gasteiger partial charge in [-0.25, -0.2) is 4.79 Å². The molecule has 26 heavy (non-hydrogen) atoms. The number of alkyl carbamates (subject to hydrolysis) is 1. The Morgan fingerprint density at radius 3 is 2.12 bits per heavy atom. The van der Waals surface area contributed by atoms with Crippen LogP contribution >= 0.6 is 0 Å². The number of amides is 1. The van der Waals surface area contributed by atoms with Gasteiger partial charge in [-0.2, -0.15) is 0 Å². The standard InChI is InChI=1S/C22H28N2O2/c1-4-23-22(25)26-19-13-20(24-14-19)21(17-9-5-15(2)6-10-17)18-11-7-16(3)8-12-18/h5-12,19-21,24H,4,13-14H2,1-3H3,(H,23,25)/t19-,20-/m0/s1. The number of benzene rings is 2. The third-order valence-corrected chi connectivity index (χ3v) is 4.99. The van der Waals surface area contributed by atoms with Crippen molar-refractivity contribution >= 4 is 6.09 Å². The highest BCUT2D eigenvalue weighted by Crippen LogP contribution is 2.33. The molecule has 0 aliphatic carbocycles. The van der Waals surface area contributed by atoms with Crippen molar-refractivity contribution in [2.75, 3.05) is 13.1 Å². The lowest BCUT2D eigenvalue weighted by Crippen LogP contribution is -2.30. The van der Waals surface area contributed by atoms with Crippen molar-refractivity contribution in [1.82, 2.24) is 10.6 Å². The lowest BCUT2D eigenvalue weighted by atomic mass is 9.83. The molecule has 0 spiro atoms. The number of carbonyl (C=O) groups is 1. The molecule has 4 heteroatoms. The average Bonchev–Trinajstić information content (AvgIpc) is 3.06. The van der Waals surface area contributed by atoms with E-state index in [-0.39, 0.29) is 24.2 Å². The van der Waals surface area contributed by atoms with Gasteiger partial charge in [-0.05, 0) is 31.9 Å². The van der Waals surface area contributed by atoms with E-state index in [2.05, 4.69) is 73.0 Å². The summed E-state index contributed by atoms with van der Waals surface area (Å²) < 4.78 is 5.53. The molecule has 2 aromatic carbocycles. The van der Waals surface area contributed by atoms with Gasteiger partial charge in [-0.15, -0.1) is 0 Å². The fourth-order valence-electron chi connectivity index (χ4n) is 3.62. The summed E-state index contributed by atoms with van der Waals surface area (Å²) in [5, 5.41) is 6.28. The summed E-state index contributed by atoms with van der Waals surface area (Å²) in [4.78, 5) is 11.7. The Morgan fingerprint density at radius 1 is 1.08 bits per heavy atom. The van der Waals surface area contributed by atoms with E-state index in [1.807, 2.05) is 6.92 Å². The fourth-order valence-corrected chi connectivity index (χ4v) is 3.62. The van der Waals surface area contributed by atoms with Crippen LogP contribution in [0.2, 0.25) is 0 Å². The number of aryl methyl sites for hydroxylation is 2. The molecule has 1 aliphatic rings. The number of ether oxygens (including phenoxy) is 1. The van der Waals surface area contributed by atoms with Crippen molar-refractivity contribution in [2.45, 2.75) is 45.3 Å². The molecule has 2 atom stereocenters. The predicted molar refractivity (Wildman–Crippen MR) is 105 cm³/mol. The van der Waals surface area contributed by atoms with Crippen LogP contribution in [0.25, 0.3) is 0 Å². The maximum atomic E-state index is 11.7. The van der Waals surface area contributed by atoms with Crippen LogP contribution < -0.4 is 10.6 Å². The monoisotopic (exact) mass is 352 g/mol. The van der Waals surface area contributed by atoms with Crippen LogP contribution in [0, 0.1) is 13.8 Å². The van der Waals surface area contributed by atoms with Crippen molar-refractivity contribution in [2.24, 2.45) is 0 Å². The van der Waals surface area contributed by atoms with Crippen LogP contribution in [-0.2, 0) is 4.74 Å². The van der Waals surface area contributed by atoms with E-state index >= 15 is 0 Å². The number of hydrogen-bond acceptors (Lipinski definition) is 3. The van der Waals surface area contributed by atoms with Crippen molar-refractivity contribution < 1.29 is 9.53 Å². The Hall–Kier alpha value is -2.33. The van der Waals surface area contributed by atoms with E-state index in [9.17, 15) is 4.79 Å². The molecule has 2 aromatic rings. The molecule has 0 radical (unpaired) electrons. The summed E-state index contributed by atoms with van der Waals surface area (Å²) >= 11 is 0. The topological polar surface area (TPSA) is 50.4 Å². The Bertz CT molecular complexity index is 679. The van der Waals surface area contributed by atoms with E-state index in [4.69, 9.17) is 4.74 Å². The minimum atomic E-state index is -0.331. The molecule has 0 saturated carbocycles. The Morgan fingerprint density at radius 2 is 1.62 bits per heavy atom. The fraction of sp³-hybridized carbons (Fsp3) is 0.409. The molecule has 0 bridgehead atoms. The minimum Gasteiger partial charge on any atom is -0.445 e. The molecule has 1 aliphatic heterocycles. The Balaban J connectivity index is 1.81. The van der Waals surface area contributed by atoms with Crippen molar-refractivity contribution in [3.8, 4) is 0 Å². The van der Waals surface area contributed by atoms with Crippen LogP contribution in [0.15, 0.2) is 48.5 Å². The summed E-state index contributed by atoms with van der Waals surface area (Å²) in [6.07, 6.45) is 0.385. The molecular weight excluding hydrogens is 324 g/mol. The third kappa shape index (κ3) is 4.44. The molecule has 138 valence electrons. The Labute approximate surface area is 156 Å². The molecule has 0 aromatic heterocycles. The molecule has 1 heterocycles. The lowest BCUT2D eigenvalue weighted by Gasteiger charge is -2.25. The van der Waals surface area contributed by atoms with Gasteiger partial charge in [0, 0.05) is 31.5 Å². The molecule has 4 nitrogen and oxygen atoms in total. The third-order valence-electron chi connectivity index (χ3n) is 4.99. The highest BCUT2D eigenvalue weighted by Gasteiger charge is 2.34. The summed E-state index contributed by atoms with van der Waals surface area (Å²) in [7, 11) is 0. The van der Waals surface area contributed by atoms with Crippen molar-refractivity contribution in [3.05, 3.63) is 70.8 Å². The van der Waals surface area contributed by atoms with Gasteiger partial charge in [0.1, 0.15) is 6.10 Å². The highest BCUT2D eigenvalue weighted by atomic mass is 16.6. The lowest BCUT2D eigenvalue weighted by molar-refractivity contribution is 0.106. The van der Waals surface area contributed by atoms with E-state index in [0.717, 1.165) is 6.42 Å². The van der Waals surface area contributed by atoms with Gasteiger partial charge in [0.15, 0.2) is 0 Å². The predicted octanol–water partition coefficient (Wildman–Crippen LogP) is 3.91. The van der Waals surface area contributed by atoms with E-state index < -0.39 is 0 Å². The number of nitrogens with one attached hydrogen (secondary N) is 2. The Kier molecular flexibility index (Phi) is 5.94. The van der Waals surface area contributed by atoms with Gasteiger partial charge >= 0.3 is 6.09 Å². The van der Waals surface area contributed by atoms with Gasteiger partial charge < -0.3 is 15.4 Å². The first-order valence-electron chi connectivity index (χ1n) is 9.38. The second-order valence-electron chi connectivity index (χ2n) is 7.11. The quantitative estimate of drug-likeness (QED) is 0.858. The second-order valence-corrected chi connectivity index (χ2v) is 7.11. The van der Waals surface area contributed by atoms with E-state index in [1.54, 1.807) is 0 Å². The summed E-state index contributed by atoms with van der Waals surface area (Å²) in [6, 6.07) is 17.7. The minimum absolute atomic E-state index is 0.0926. The van der Waals surface area contributed by atoms with Crippen molar-refractivity contribution in [1.29, 1.82) is 0 Å². The second kappa shape index (κ2) is 8.37. The first kappa shape index (κ1) is 18.5. The molecule has 2 N–H and O–H groups in total. The van der Waals surface area contributed by atoms with E-state index in [1.165, 1.54) is 22.3 Å². The maximum Gasteiger partial charge on any atom is 0.407 e. The summed E-state index contributed by atoms with van der Waals surface area (Å²) in [5.41, 5.74) is 5.09. The zero-order valence-electron chi connectivity index (χ0n) is 15.8. The first-order valence-corrected chi connectivity index (χ1v) is 9.38. The largest absolute Gasteiger partial charge is 0.445 e. The average molecular weight is 352 g/mol. The molecule has 1 amide bonds. The first-order chi connectivity index (χ1) is 12.6. The highest BCUT2D eigenvalue weighted by molar-refractivity contribution is 5.67. The number of rotatable bonds is 5. The van der Waals surface area contributed by atoms with Gasteiger partial charge in [0.05, 0.1) is 0 Å². The normalized spacial score (nSPS) is 19.5. The van der Waals surface area contributed by atoms with Crippen LogP contribution in [0.5, 0.6) is 0 Å². The van der Waals surface area contributed by atoms with Gasteiger partial charge in [-0.1, -0.05) is 59.7 Å². The van der Waals surface area contributed by atoms with Gasteiger partial charge in [0.25, 0.3) is 0 Å². The number of carbonyl (C=O) groups excluding carboxylic acids is 1.